The van der Waals surface area contributed by atoms with Gasteiger partial charge in [-0.3, -0.25) is 4.90 Å². The Kier molecular flexibility index (Phi) is 6.32. The standard InChI is InChI=1S/C43H28FN3/c44-37-17-9-10-18-40(37)46(33-13-3-1-4-14-33)38-25-21-29-20-24-36-39(26-22-30-19-23-35(38)42(29)43(30)36)47(34-15-5-2-6-16-34)41-27-31-11-7-8-12-32(31)28-45-41/h1-28H. The largest absolute Gasteiger partial charge is 0.307 e. The van der Waals surface area contributed by atoms with Gasteiger partial charge in [0.1, 0.15) is 11.6 Å². The molecule has 47 heavy (non-hydrogen) atoms. The molecular weight excluding hydrogens is 577 g/mol. The van der Waals surface area contributed by atoms with Crippen molar-refractivity contribution in [3.63, 3.8) is 0 Å². The second-order valence-corrected chi connectivity index (χ2v) is 11.8. The van der Waals surface area contributed by atoms with Crippen LogP contribution in [0, 0.1) is 5.82 Å². The van der Waals surface area contributed by atoms with Crippen LogP contribution in [0.3, 0.4) is 0 Å². The summed E-state index contributed by atoms with van der Waals surface area (Å²) < 4.78 is 15.5. The quantitative estimate of drug-likeness (QED) is 0.176. The second kappa shape index (κ2) is 11.0. The number of benzene rings is 8. The average molecular weight is 606 g/mol. The first-order valence-corrected chi connectivity index (χ1v) is 15.7. The molecule has 9 aromatic rings. The van der Waals surface area contributed by atoms with Gasteiger partial charge in [0.2, 0.25) is 0 Å². The van der Waals surface area contributed by atoms with Gasteiger partial charge in [0.25, 0.3) is 0 Å². The van der Waals surface area contributed by atoms with E-state index in [4.69, 9.17) is 4.98 Å². The Balaban J connectivity index is 1.32. The lowest BCUT2D eigenvalue weighted by Gasteiger charge is -2.29. The zero-order valence-corrected chi connectivity index (χ0v) is 25.4. The van der Waals surface area contributed by atoms with E-state index in [0.717, 1.165) is 66.3 Å². The molecule has 0 atom stereocenters. The number of nitrogens with zero attached hydrogens (tertiary/aromatic N) is 3. The summed E-state index contributed by atoms with van der Waals surface area (Å²) in [6.07, 6.45) is 1.95. The number of hydrogen-bond donors (Lipinski definition) is 0. The van der Waals surface area contributed by atoms with Crippen LogP contribution < -0.4 is 9.80 Å². The molecule has 0 saturated carbocycles. The van der Waals surface area contributed by atoms with Gasteiger partial charge in [0, 0.05) is 33.7 Å². The molecule has 4 heteroatoms. The highest BCUT2D eigenvalue weighted by Gasteiger charge is 2.23. The predicted molar refractivity (Wildman–Crippen MR) is 195 cm³/mol. The van der Waals surface area contributed by atoms with Crippen molar-refractivity contribution in [2.24, 2.45) is 0 Å². The molecule has 0 unspecified atom stereocenters. The molecule has 9 rings (SSSR count). The van der Waals surface area contributed by atoms with Gasteiger partial charge >= 0.3 is 0 Å². The van der Waals surface area contributed by atoms with Crippen LogP contribution in [0.5, 0.6) is 0 Å². The maximum atomic E-state index is 15.5. The fourth-order valence-electron chi connectivity index (χ4n) is 6.94. The fourth-order valence-corrected chi connectivity index (χ4v) is 6.94. The van der Waals surface area contributed by atoms with E-state index in [0.29, 0.717) is 5.69 Å². The van der Waals surface area contributed by atoms with Gasteiger partial charge in [-0.05, 0) is 81.5 Å². The number of para-hydroxylation sites is 3. The van der Waals surface area contributed by atoms with E-state index < -0.39 is 0 Å². The highest BCUT2D eigenvalue weighted by atomic mass is 19.1. The molecule has 0 spiro atoms. The average Bonchev–Trinajstić information content (AvgIpc) is 3.13. The maximum Gasteiger partial charge on any atom is 0.147 e. The van der Waals surface area contributed by atoms with Gasteiger partial charge in [-0.2, -0.15) is 0 Å². The van der Waals surface area contributed by atoms with E-state index in [2.05, 4.69) is 102 Å². The van der Waals surface area contributed by atoms with Crippen LogP contribution in [0.1, 0.15) is 0 Å². The summed E-state index contributed by atoms with van der Waals surface area (Å²) in [5.41, 5.74) is 4.39. The van der Waals surface area contributed by atoms with E-state index in [1.807, 2.05) is 65.7 Å². The summed E-state index contributed by atoms with van der Waals surface area (Å²) in [4.78, 5) is 9.24. The molecule has 0 bridgehead atoms. The Hall–Kier alpha value is -6.26. The van der Waals surface area contributed by atoms with E-state index in [1.54, 1.807) is 6.07 Å². The first-order valence-electron chi connectivity index (χ1n) is 15.7. The zero-order chi connectivity index (χ0) is 31.3. The van der Waals surface area contributed by atoms with Crippen LogP contribution in [-0.2, 0) is 0 Å². The van der Waals surface area contributed by atoms with Gasteiger partial charge in [-0.15, -0.1) is 0 Å². The Labute approximate surface area is 271 Å². The number of halogens is 1. The Morgan fingerprint density at radius 2 is 0.915 bits per heavy atom. The number of fused-ring (bicyclic) bond motifs is 1. The summed E-state index contributed by atoms with van der Waals surface area (Å²) in [5.74, 6) is 0.575. The van der Waals surface area contributed by atoms with Crippen LogP contribution in [-0.4, -0.2) is 4.98 Å². The molecule has 3 nitrogen and oxygen atoms in total. The van der Waals surface area contributed by atoms with Crippen molar-refractivity contribution < 1.29 is 4.39 Å². The van der Waals surface area contributed by atoms with Crippen molar-refractivity contribution in [1.82, 2.24) is 4.98 Å². The Morgan fingerprint density at radius 3 is 1.55 bits per heavy atom. The van der Waals surface area contributed by atoms with Crippen molar-refractivity contribution >= 4 is 77.3 Å². The van der Waals surface area contributed by atoms with Gasteiger partial charge < -0.3 is 4.90 Å². The van der Waals surface area contributed by atoms with Crippen molar-refractivity contribution in [2.45, 2.75) is 0 Å². The van der Waals surface area contributed by atoms with Gasteiger partial charge in [-0.25, -0.2) is 9.37 Å². The van der Waals surface area contributed by atoms with Crippen molar-refractivity contribution in [3.05, 3.63) is 176 Å². The van der Waals surface area contributed by atoms with Crippen LogP contribution in [0.25, 0.3) is 43.1 Å². The van der Waals surface area contributed by atoms with E-state index in [9.17, 15) is 0 Å². The third-order valence-electron chi connectivity index (χ3n) is 9.07. The second-order valence-electron chi connectivity index (χ2n) is 11.8. The number of aromatic nitrogens is 1. The minimum absolute atomic E-state index is 0.272. The Bertz CT molecular complexity index is 2550. The van der Waals surface area contributed by atoms with Crippen LogP contribution >= 0.6 is 0 Å². The first kappa shape index (κ1) is 27.1. The molecule has 0 N–H and O–H groups in total. The molecule has 0 saturated heterocycles. The summed E-state index contributed by atoms with van der Waals surface area (Å²) in [6, 6.07) is 55.3. The molecule has 8 aromatic carbocycles. The van der Waals surface area contributed by atoms with Crippen LogP contribution in [0.2, 0.25) is 0 Å². The molecule has 0 aliphatic carbocycles. The maximum absolute atomic E-state index is 15.5. The molecule has 222 valence electrons. The molecule has 0 fully saturated rings. The highest BCUT2D eigenvalue weighted by Crippen LogP contribution is 2.47. The zero-order valence-electron chi connectivity index (χ0n) is 25.4. The van der Waals surface area contributed by atoms with Gasteiger partial charge in [0.05, 0.1) is 17.1 Å². The lowest BCUT2D eigenvalue weighted by molar-refractivity contribution is 0.629. The lowest BCUT2D eigenvalue weighted by atomic mass is 9.92. The topological polar surface area (TPSA) is 19.4 Å². The molecular formula is C43H28FN3. The van der Waals surface area contributed by atoms with E-state index in [-0.39, 0.29) is 5.82 Å². The third kappa shape index (κ3) is 4.45. The molecule has 1 heterocycles. The smallest absolute Gasteiger partial charge is 0.147 e. The van der Waals surface area contributed by atoms with Crippen molar-refractivity contribution in [1.29, 1.82) is 0 Å². The summed E-state index contributed by atoms with van der Waals surface area (Å²) in [6.45, 7) is 0. The number of pyridine rings is 1. The van der Waals surface area contributed by atoms with E-state index in [1.165, 1.54) is 11.5 Å². The minimum atomic E-state index is -0.272. The van der Waals surface area contributed by atoms with Crippen LogP contribution in [0.15, 0.2) is 170 Å². The minimum Gasteiger partial charge on any atom is -0.307 e. The SMILES string of the molecule is Fc1ccccc1N(c1ccccc1)c1ccc2ccc3c(N(c4ccccc4)c4cc5ccccc5cn4)ccc4ccc1c2c43. The molecule has 1 aromatic heterocycles. The first-order chi connectivity index (χ1) is 23.2. The van der Waals surface area contributed by atoms with Crippen LogP contribution in [0.4, 0.5) is 38.6 Å². The van der Waals surface area contributed by atoms with Crippen molar-refractivity contribution in [2.75, 3.05) is 9.80 Å². The van der Waals surface area contributed by atoms with Gasteiger partial charge in [0.15, 0.2) is 0 Å². The van der Waals surface area contributed by atoms with Gasteiger partial charge in [-0.1, -0.05) is 109 Å². The normalized spacial score (nSPS) is 11.5. The number of hydrogen-bond acceptors (Lipinski definition) is 3. The third-order valence-corrected chi connectivity index (χ3v) is 9.07. The number of anilines is 6. The van der Waals surface area contributed by atoms with Crippen molar-refractivity contribution in [3.8, 4) is 0 Å². The molecule has 0 amide bonds. The summed E-state index contributed by atoms with van der Waals surface area (Å²) in [5, 5.41) is 9.01. The Morgan fingerprint density at radius 1 is 0.404 bits per heavy atom. The summed E-state index contributed by atoms with van der Waals surface area (Å²) >= 11 is 0. The molecule has 0 aliphatic heterocycles. The predicted octanol–water partition coefficient (Wildman–Crippen LogP) is 12.2. The van der Waals surface area contributed by atoms with E-state index >= 15 is 4.39 Å². The number of rotatable bonds is 6. The monoisotopic (exact) mass is 605 g/mol. The lowest BCUT2D eigenvalue weighted by Crippen LogP contribution is -2.13. The fraction of sp³-hybridized carbons (Fsp3) is 0. The highest BCUT2D eigenvalue weighted by molar-refractivity contribution is 6.28. The summed E-state index contributed by atoms with van der Waals surface area (Å²) in [7, 11) is 0. The molecule has 0 radical (unpaired) electrons. The molecule has 0 aliphatic rings.